The van der Waals surface area contributed by atoms with Gasteiger partial charge in [-0.3, -0.25) is 9.59 Å². The second-order valence-corrected chi connectivity index (χ2v) is 7.49. The van der Waals surface area contributed by atoms with Gasteiger partial charge in [0.25, 0.3) is 5.91 Å². The highest BCUT2D eigenvalue weighted by atomic mass is 19.4. The van der Waals surface area contributed by atoms with E-state index in [1.807, 2.05) is 19.9 Å². The van der Waals surface area contributed by atoms with Gasteiger partial charge in [0.05, 0.1) is 30.0 Å². The molecule has 0 saturated carbocycles. The fraction of sp³-hybridized carbons (Fsp3) is 0.429. The van der Waals surface area contributed by atoms with E-state index in [1.54, 1.807) is 0 Å². The number of nitrogens with zero attached hydrogens (tertiary/aromatic N) is 3. The predicted molar refractivity (Wildman–Crippen MR) is 107 cm³/mol. The Labute approximate surface area is 177 Å². The van der Waals surface area contributed by atoms with E-state index < -0.39 is 34.3 Å². The lowest BCUT2D eigenvalue weighted by Gasteiger charge is -2.23. The van der Waals surface area contributed by atoms with Crippen molar-refractivity contribution in [2.75, 3.05) is 6.61 Å². The Morgan fingerprint density at radius 3 is 2.55 bits per heavy atom. The van der Waals surface area contributed by atoms with Gasteiger partial charge < -0.3 is 10.1 Å². The third-order valence-electron chi connectivity index (χ3n) is 4.45. The third-order valence-corrected chi connectivity index (χ3v) is 4.45. The summed E-state index contributed by atoms with van der Waals surface area (Å²) in [7, 11) is 0. The van der Waals surface area contributed by atoms with Crippen molar-refractivity contribution < 1.29 is 22.7 Å². The summed E-state index contributed by atoms with van der Waals surface area (Å²) in [5.74, 6) is -0.961. The van der Waals surface area contributed by atoms with E-state index in [0.29, 0.717) is 0 Å². The number of carbonyl (C=O) groups is 1. The molecule has 0 aliphatic carbocycles. The average Bonchev–Trinajstić information content (AvgIpc) is 2.67. The molecule has 0 saturated heterocycles. The number of carbonyl (C=O) groups excluding carboxylic acids is 1. The first-order chi connectivity index (χ1) is 14.4. The molecule has 166 valence electrons. The van der Waals surface area contributed by atoms with E-state index in [1.165, 1.54) is 32.0 Å². The lowest BCUT2D eigenvalue weighted by molar-refractivity contribution is -0.137. The van der Waals surface area contributed by atoms with Crippen molar-refractivity contribution >= 4 is 5.91 Å². The molecule has 31 heavy (non-hydrogen) atoms. The Morgan fingerprint density at radius 2 is 1.97 bits per heavy atom. The van der Waals surface area contributed by atoms with Crippen molar-refractivity contribution in [3.05, 3.63) is 57.5 Å². The summed E-state index contributed by atoms with van der Waals surface area (Å²) < 4.78 is 46.5. The Morgan fingerprint density at radius 1 is 1.32 bits per heavy atom. The summed E-state index contributed by atoms with van der Waals surface area (Å²) >= 11 is 0. The number of rotatable bonds is 7. The first kappa shape index (κ1) is 24.1. The largest absolute Gasteiger partial charge is 0.418 e. The van der Waals surface area contributed by atoms with Gasteiger partial charge in [0, 0.05) is 18.2 Å². The van der Waals surface area contributed by atoms with Gasteiger partial charge in [-0.25, -0.2) is 4.68 Å². The Kier molecular flexibility index (Phi) is 7.23. The topological polar surface area (TPSA) is 97.0 Å². The second-order valence-electron chi connectivity index (χ2n) is 7.49. The number of halogens is 3. The highest BCUT2D eigenvalue weighted by Gasteiger charge is 2.34. The normalized spacial score (nSPS) is 13.5. The lowest BCUT2D eigenvalue weighted by atomic mass is 10.00. The molecule has 1 unspecified atom stereocenters. The SMILES string of the molecule is Cc1cc(=O)c(C(=O)NC(C)(C#N)CCOC(C)C)nn1-c1ccccc1C(F)(F)F. The molecule has 0 spiro atoms. The zero-order valence-electron chi connectivity index (χ0n) is 17.6. The molecule has 1 aromatic heterocycles. The van der Waals surface area contributed by atoms with Gasteiger partial charge in [0.15, 0.2) is 5.69 Å². The Balaban J connectivity index is 2.43. The van der Waals surface area contributed by atoms with Gasteiger partial charge in [-0.1, -0.05) is 12.1 Å². The number of alkyl halides is 3. The van der Waals surface area contributed by atoms with Gasteiger partial charge in [0.2, 0.25) is 5.43 Å². The molecule has 1 heterocycles. The van der Waals surface area contributed by atoms with Crippen LogP contribution in [0.3, 0.4) is 0 Å². The van der Waals surface area contributed by atoms with E-state index in [-0.39, 0.29) is 30.5 Å². The first-order valence-corrected chi connectivity index (χ1v) is 9.51. The minimum Gasteiger partial charge on any atom is -0.379 e. The van der Waals surface area contributed by atoms with Crippen molar-refractivity contribution in [2.45, 2.75) is 51.9 Å². The van der Waals surface area contributed by atoms with Crippen LogP contribution in [-0.2, 0) is 10.9 Å². The zero-order chi connectivity index (χ0) is 23.4. The van der Waals surface area contributed by atoms with E-state index in [4.69, 9.17) is 4.74 Å². The Hall–Kier alpha value is -3.19. The van der Waals surface area contributed by atoms with E-state index in [9.17, 15) is 28.0 Å². The highest BCUT2D eigenvalue weighted by molar-refractivity contribution is 5.92. The minimum atomic E-state index is -4.66. The van der Waals surface area contributed by atoms with Crippen molar-refractivity contribution in [3.8, 4) is 11.8 Å². The molecule has 0 radical (unpaired) electrons. The summed E-state index contributed by atoms with van der Waals surface area (Å²) in [6, 6.07) is 7.69. The van der Waals surface area contributed by atoms with Crippen molar-refractivity contribution in [2.24, 2.45) is 0 Å². The van der Waals surface area contributed by atoms with Crippen LogP contribution in [0, 0.1) is 18.3 Å². The maximum Gasteiger partial charge on any atom is 0.418 e. The number of benzene rings is 1. The summed E-state index contributed by atoms with van der Waals surface area (Å²) in [6.07, 6.45) is -4.59. The lowest BCUT2D eigenvalue weighted by Crippen LogP contribution is -2.47. The monoisotopic (exact) mass is 436 g/mol. The van der Waals surface area contributed by atoms with Crippen LogP contribution in [-0.4, -0.2) is 33.9 Å². The number of amides is 1. The van der Waals surface area contributed by atoms with Crippen LogP contribution < -0.4 is 10.7 Å². The maximum absolute atomic E-state index is 13.4. The van der Waals surface area contributed by atoms with Gasteiger partial charge in [-0.05, 0) is 39.8 Å². The molecular formula is C21H23F3N4O3. The van der Waals surface area contributed by atoms with Crippen LogP contribution in [0.25, 0.3) is 5.69 Å². The standard InChI is InChI=1S/C21H23F3N4O3/c1-13(2)31-10-9-20(4,12-25)26-19(30)18-17(29)11-14(3)28(27-18)16-8-6-5-7-15(16)21(22,23)24/h5-8,11,13H,9-10H2,1-4H3,(H,26,30). The fourth-order valence-corrected chi connectivity index (χ4v) is 2.80. The molecule has 0 fully saturated rings. The van der Waals surface area contributed by atoms with Crippen molar-refractivity contribution in [1.82, 2.24) is 15.1 Å². The number of aromatic nitrogens is 2. The number of aryl methyl sites for hydroxylation is 1. The highest BCUT2D eigenvalue weighted by Crippen LogP contribution is 2.33. The van der Waals surface area contributed by atoms with Gasteiger partial charge in [-0.2, -0.15) is 23.5 Å². The van der Waals surface area contributed by atoms with E-state index in [2.05, 4.69) is 10.4 Å². The number of hydrogen-bond donors (Lipinski definition) is 1. The fourth-order valence-electron chi connectivity index (χ4n) is 2.80. The minimum absolute atomic E-state index is 0.0710. The molecule has 1 aromatic carbocycles. The summed E-state index contributed by atoms with van der Waals surface area (Å²) in [5.41, 5.74) is -3.92. The molecule has 1 amide bonds. The summed E-state index contributed by atoms with van der Waals surface area (Å²) in [5, 5.41) is 15.8. The van der Waals surface area contributed by atoms with Crippen LogP contribution >= 0.6 is 0 Å². The molecule has 0 aliphatic heterocycles. The predicted octanol–water partition coefficient (Wildman–Crippen LogP) is 3.39. The van der Waals surface area contributed by atoms with Crippen LogP contribution in [0.1, 0.15) is 48.9 Å². The van der Waals surface area contributed by atoms with Crippen LogP contribution in [0.2, 0.25) is 0 Å². The zero-order valence-corrected chi connectivity index (χ0v) is 17.6. The number of ether oxygens (including phenoxy) is 1. The second kappa shape index (κ2) is 9.31. The number of hydrogen-bond acceptors (Lipinski definition) is 5. The molecule has 2 rings (SSSR count). The van der Waals surface area contributed by atoms with Gasteiger partial charge in [-0.15, -0.1) is 0 Å². The summed E-state index contributed by atoms with van der Waals surface area (Å²) in [4.78, 5) is 25.1. The first-order valence-electron chi connectivity index (χ1n) is 9.51. The van der Waals surface area contributed by atoms with Crippen LogP contribution in [0.4, 0.5) is 13.2 Å². The molecule has 1 N–H and O–H groups in total. The molecule has 0 aliphatic rings. The van der Waals surface area contributed by atoms with Crippen molar-refractivity contribution in [3.63, 3.8) is 0 Å². The number of nitriles is 1. The quantitative estimate of drug-likeness (QED) is 0.718. The smallest absolute Gasteiger partial charge is 0.379 e. The van der Waals surface area contributed by atoms with Crippen LogP contribution in [0.5, 0.6) is 0 Å². The molecule has 1 atom stereocenters. The molecular weight excluding hydrogens is 413 g/mol. The van der Waals surface area contributed by atoms with Gasteiger partial charge in [0.1, 0.15) is 5.54 Å². The van der Waals surface area contributed by atoms with E-state index in [0.717, 1.165) is 16.8 Å². The number of para-hydroxylation sites is 1. The van der Waals surface area contributed by atoms with Crippen molar-refractivity contribution in [1.29, 1.82) is 5.26 Å². The molecule has 10 heteroatoms. The van der Waals surface area contributed by atoms with Crippen LogP contribution in [0.15, 0.2) is 35.1 Å². The van der Waals surface area contributed by atoms with E-state index >= 15 is 0 Å². The Bertz CT molecular complexity index is 1060. The molecule has 2 aromatic rings. The van der Waals surface area contributed by atoms with Gasteiger partial charge >= 0.3 is 6.18 Å². The summed E-state index contributed by atoms with van der Waals surface area (Å²) in [6.45, 7) is 6.69. The average molecular weight is 436 g/mol. The number of nitrogens with one attached hydrogen (secondary N) is 1. The molecule has 7 nitrogen and oxygen atoms in total. The molecule has 0 bridgehead atoms. The maximum atomic E-state index is 13.4. The third kappa shape index (κ3) is 5.92.